The highest BCUT2D eigenvalue weighted by Crippen LogP contribution is 2.22. The topological polar surface area (TPSA) is 89.3 Å². The predicted molar refractivity (Wildman–Crippen MR) is 77.1 cm³/mol. The van der Waals surface area contributed by atoms with Gasteiger partial charge in [0.1, 0.15) is 16.5 Å². The minimum atomic E-state index is -4.11. The van der Waals surface area contributed by atoms with Crippen LogP contribution < -0.4 is 10.5 Å². The monoisotopic (exact) mass is 346 g/mol. The Labute approximate surface area is 129 Å². The van der Waals surface area contributed by atoms with Crippen molar-refractivity contribution in [2.24, 2.45) is 5.14 Å². The first kappa shape index (κ1) is 16.3. The van der Waals surface area contributed by atoms with Crippen molar-refractivity contribution in [2.75, 3.05) is 5.32 Å². The summed E-state index contributed by atoms with van der Waals surface area (Å²) in [5.41, 5.74) is -0.201. The largest absolute Gasteiger partial charge is 0.322 e. The molecule has 0 aromatic heterocycles. The molecule has 22 heavy (non-hydrogen) atoms. The summed E-state index contributed by atoms with van der Waals surface area (Å²) >= 11 is 5.70. The summed E-state index contributed by atoms with van der Waals surface area (Å²) in [5.74, 6) is -2.50. The maximum atomic E-state index is 13.0. The van der Waals surface area contributed by atoms with Crippen LogP contribution in [0.3, 0.4) is 0 Å². The molecule has 2 rings (SSSR count). The van der Waals surface area contributed by atoms with Crippen LogP contribution in [0.4, 0.5) is 14.5 Å². The number of carbonyl (C=O) groups is 1. The lowest BCUT2D eigenvalue weighted by molar-refractivity contribution is 0.102. The lowest BCUT2D eigenvalue weighted by atomic mass is 10.2. The minimum absolute atomic E-state index is 0.0851. The number of hydrogen-bond acceptors (Lipinski definition) is 3. The van der Waals surface area contributed by atoms with Gasteiger partial charge < -0.3 is 5.32 Å². The Kier molecular flexibility index (Phi) is 4.45. The molecule has 0 radical (unpaired) electrons. The smallest absolute Gasteiger partial charge is 0.255 e. The summed E-state index contributed by atoms with van der Waals surface area (Å²) in [5, 5.41) is 7.07. The van der Waals surface area contributed by atoms with Crippen LogP contribution in [0.5, 0.6) is 0 Å². The second-order valence-corrected chi connectivity index (χ2v) is 6.24. The van der Waals surface area contributed by atoms with E-state index in [1.165, 1.54) is 12.1 Å². The van der Waals surface area contributed by atoms with Crippen LogP contribution in [0.25, 0.3) is 0 Å². The second kappa shape index (κ2) is 5.99. The molecular weight excluding hydrogens is 338 g/mol. The third-order valence-electron chi connectivity index (χ3n) is 2.62. The molecule has 1 amide bonds. The molecule has 0 aliphatic heterocycles. The summed E-state index contributed by atoms with van der Waals surface area (Å²) in [7, 11) is -4.11. The maximum absolute atomic E-state index is 13.0. The number of nitrogens with two attached hydrogens (primary N) is 1. The van der Waals surface area contributed by atoms with Crippen molar-refractivity contribution < 1.29 is 22.0 Å². The summed E-state index contributed by atoms with van der Waals surface area (Å²) in [6, 6.07) is 5.89. The Morgan fingerprint density at radius 2 is 1.68 bits per heavy atom. The zero-order valence-corrected chi connectivity index (χ0v) is 12.4. The molecule has 2 aromatic carbocycles. The van der Waals surface area contributed by atoms with Gasteiger partial charge in [0.05, 0.1) is 5.02 Å². The van der Waals surface area contributed by atoms with Crippen LogP contribution in [-0.2, 0) is 10.0 Å². The molecule has 2 aromatic rings. The minimum Gasteiger partial charge on any atom is -0.322 e. The van der Waals surface area contributed by atoms with E-state index in [9.17, 15) is 22.0 Å². The van der Waals surface area contributed by atoms with Gasteiger partial charge in [-0.1, -0.05) is 11.6 Å². The molecule has 0 aliphatic carbocycles. The van der Waals surface area contributed by atoms with Gasteiger partial charge in [-0.3, -0.25) is 4.79 Å². The van der Waals surface area contributed by atoms with E-state index in [4.69, 9.17) is 16.7 Å². The van der Waals surface area contributed by atoms with E-state index in [0.717, 1.165) is 18.2 Å². The van der Waals surface area contributed by atoms with Gasteiger partial charge in [-0.2, -0.15) is 0 Å². The fraction of sp³-hybridized carbons (Fsp3) is 0. The molecule has 0 fully saturated rings. The Bertz CT molecular complexity index is 836. The van der Waals surface area contributed by atoms with Crippen molar-refractivity contribution >= 4 is 33.2 Å². The number of nitrogens with one attached hydrogen (secondary N) is 1. The van der Waals surface area contributed by atoms with Gasteiger partial charge in [0, 0.05) is 17.3 Å². The highest BCUT2D eigenvalue weighted by Gasteiger charge is 2.16. The SMILES string of the molecule is NS(=O)(=O)c1cc(C(=O)Nc2cc(F)cc(F)c2)ccc1Cl. The van der Waals surface area contributed by atoms with Gasteiger partial charge in [0.2, 0.25) is 10.0 Å². The summed E-state index contributed by atoms with van der Waals surface area (Å²) < 4.78 is 48.8. The second-order valence-electron chi connectivity index (χ2n) is 4.30. The van der Waals surface area contributed by atoms with Crippen LogP contribution in [-0.4, -0.2) is 14.3 Å². The molecule has 0 saturated heterocycles. The van der Waals surface area contributed by atoms with Crippen LogP contribution >= 0.6 is 11.6 Å². The van der Waals surface area contributed by atoms with Crippen molar-refractivity contribution in [3.05, 3.63) is 58.6 Å². The standard InChI is InChI=1S/C13H9ClF2N2O3S/c14-11-2-1-7(3-12(11)22(17,20)21)13(19)18-10-5-8(15)4-9(16)6-10/h1-6H,(H,18,19)(H2,17,20,21). The first-order chi connectivity index (χ1) is 10.2. The molecule has 3 N–H and O–H groups in total. The number of primary sulfonamides is 1. The fourth-order valence-corrected chi connectivity index (χ4v) is 2.76. The average Bonchev–Trinajstić information content (AvgIpc) is 2.36. The van der Waals surface area contributed by atoms with E-state index in [0.29, 0.717) is 6.07 Å². The Balaban J connectivity index is 2.34. The van der Waals surface area contributed by atoms with Crippen LogP contribution in [0.2, 0.25) is 5.02 Å². The number of carbonyl (C=O) groups excluding carboxylic acids is 1. The molecule has 0 unspecified atom stereocenters. The van der Waals surface area contributed by atoms with E-state index in [1.807, 2.05) is 0 Å². The molecule has 0 spiro atoms. The first-order valence-electron chi connectivity index (χ1n) is 5.76. The van der Waals surface area contributed by atoms with E-state index in [1.54, 1.807) is 0 Å². The number of amides is 1. The van der Waals surface area contributed by atoms with Crippen molar-refractivity contribution in [3.8, 4) is 0 Å². The number of anilines is 1. The van der Waals surface area contributed by atoms with Crippen LogP contribution in [0.15, 0.2) is 41.3 Å². The zero-order chi connectivity index (χ0) is 16.5. The molecule has 9 heteroatoms. The van der Waals surface area contributed by atoms with Crippen LogP contribution in [0, 0.1) is 11.6 Å². The van der Waals surface area contributed by atoms with Gasteiger partial charge in [-0.15, -0.1) is 0 Å². The maximum Gasteiger partial charge on any atom is 0.255 e. The molecule has 0 heterocycles. The Morgan fingerprint density at radius 3 is 2.23 bits per heavy atom. The average molecular weight is 347 g/mol. The number of halogens is 3. The summed E-state index contributed by atoms with van der Waals surface area (Å²) in [6.07, 6.45) is 0. The van der Waals surface area contributed by atoms with E-state index >= 15 is 0 Å². The Morgan fingerprint density at radius 1 is 1.09 bits per heavy atom. The lowest BCUT2D eigenvalue weighted by Gasteiger charge is -2.08. The normalized spacial score (nSPS) is 11.3. The van der Waals surface area contributed by atoms with E-state index < -0.39 is 32.5 Å². The summed E-state index contributed by atoms with van der Waals surface area (Å²) in [6.45, 7) is 0. The van der Waals surface area contributed by atoms with Crippen molar-refractivity contribution in [3.63, 3.8) is 0 Å². The molecule has 116 valence electrons. The molecular formula is C13H9ClF2N2O3S. The highest BCUT2D eigenvalue weighted by molar-refractivity contribution is 7.89. The Hall–Kier alpha value is -2.03. The van der Waals surface area contributed by atoms with Gasteiger partial charge >= 0.3 is 0 Å². The lowest BCUT2D eigenvalue weighted by Crippen LogP contribution is -2.16. The van der Waals surface area contributed by atoms with Crippen molar-refractivity contribution in [2.45, 2.75) is 4.90 Å². The molecule has 0 aliphatic rings. The molecule has 5 nitrogen and oxygen atoms in total. The molecule has 0 saturated carbocycles. The highest BCUT2D eigenvalue weighted by atomic mass is 35.5. The van der Waals surface area contributed by atoms with Gasteiger partial charge in [-0.25, -0.2) is 22.3 Å². The van der Waals surface area contributed by atoms with Crippen molar-refractivity contribution in [1.29, 1.82) is 0 Å². The van der Waals surface area contributed by atoms with Crippen LogP contribution in [0.1, 0.15) is 10.4 Å². The number of hydrogen-bond donors (Lipinski definition) is 2. The third-order valence-corrected chi connectivity index (χ3v) is 4.01. The van der Waals surface area contributed by atoms with Gasteiger partial charge in [0.15, 0.2) is 0 Å². The van der Waals surface area contributed by atoms with Gasteiger partial charge in [0.25, 0.3) is 5.91 Å². The summed E-state index contributed by atoms with van der Waals surface area (Å²) in [4.78, 5) is 11.6. The predicted octanol–water partition coefficient (Wildman–Crippen LogP) is 2.52. The van der Waals surface area contributed by atoms with Crippen molar-refractivity contribution in [1.82, 2.24) is 0 Å². The number of sulfonamides is 1. The van der Waals surface area contributed by atoms with E-state index in [2.05, 4.69) is 5.32 Å². The zero-order valence-electron chi connectivity index (χ0n) is 10.8. The van der Waals surface area contributed by atoms with Gasteiger partial charge in [-0.05, 0) is 30.3 Å². The fourth-order valence-electron chi connectivity index (χ4n) is 1.69. The number of benzene rings is 2. The quantitative estimate of drug-likeness (QED) is 0.894. The molecule has 0 atom stereocenters. The third kappa shape index (κ3) is 3.79. The molecule has 0 bridgehead atoms. The first-order valence-corrected chi connectivity index (χ1v) is 7.69. The van der Waals surface area contributed by atoms with E-state index in [-0.39, 0.29) is 16.3 Å². The number of rotatable bonds is 3.